The summed E-state index contributed by atoms with van der Waals surface area (Å²) in [6, 6.07) is 12.2. The minimum atomic E-state index is -0.368. The SMILES string of the molecule is CCOC(=O)c1cnc2[nH]ccc2c1N[C@H]1C[C@@H](NSc2cccc(C#N)c2)C1. The number of rotatable bonds is 7. The summed E-state index contributed by atoms with van der Waals surface area (Å²) < 4.78 is 8.64. The molecule has 1 saturated carbocycles. The Hall–Kier alpha value is -3.02. The number of aromatic amines is 1. The predicted octanol–water partition coefficient (Wildman–Crippen LogP) is 3.85. The van der Waals surface area contributed by atoms with Crippen molar-refractivity contribution in [2.75, 3.05) is 11.9 Å². The third-order valence-corrected chi connectivity index (χ3v) is 5.82. The van der Waals surface area contributed by atoms with Crippen molar-refractivity contribution in [3.8, 4) is 6.07 Å². The second kappa shape index (κ2) is 8.55. The van der Waals surface area contributed by atoms with Gasteiger partial charge in [0.2, 0.25) is 0 Å². The van der Waals surface area contributed by atoms with Crippen LogP contribution in [0.15, 0.2) is 47.6 Å². The third-order valence-electron chi connectivity index (χ3n) is 4.88. The van der Waals surface area contributed by atoms with E-state index < -0.39 is 0 Å². The Morgan fingerprint density at radius 3 is 3.03 bits per heavy atom. The van der Waals surface area contributed by atoms with Crippen LogP contribution in [0.4, 0.5) is 5.69 Å². The number of pyridine rings is 1. The summed E-state index contributed by atoms with van der Waals surface area (Å²) in [5.41, 5.74) is 2.62. The van der Waals surface area contributed by atoms with Crippen LogP contribution in [0.25, 0.3) is 11.0 Å². The normalized spacial score (nSPS) is 18.1. The molecule has 0 spiro atoms. The summed E-state index contributed by atoms with van der Waals surface area (Å²) in [6.07, 6.45) is 5.24. The zero-order valence-electron chi connectivity index (χ0n) is 15.9. The Morgan fingerprint density at radius 1 is 1.38 bits per heavy atom. The molecule has 29 heavy (non-hydrogen) atoms. The molecule has 0 saturated heterocycles. The highest BCUT2D eigenvalue weighted by Gasteiger charge is 2.31. The van der Waals surface area contributed by atoms with E-state index in [1.807, 2.05) is 30.5 Å². The summed E-state index contributed by atoms with van der Waals surface area (Å²) in [5, 5.41) is 13.4. The molecule has 0 amide bonds. The molecule has 0 unspecified atom stereocenters. The van der Waals surface area contributed by atoms with Gasteiger partial charge in [0, 0.05) is 34.8 Å². The van der Waals surface area contributed by atoms with Crippen LogP contribution in [0, 0.1) is 11.3 Å². The van der Waals surface area contributed by atoms with Gasteiger partial charge in [0.05, 0.1) is 23.9 Å². The molecule has 1 aliphatic rings. The Balaban J connectivity index is 1.39. The van der Waals surface area contributed by atoms with E-state index in [0.29, 0.717) is 23.8 Å². The van der Waals surface area contributed by atoms with Crippen LogP contribution in [-0.2, 0) is 4.74 Å². The Morgan fingerprint density at radius 2 is 2.24 bits per heavy atom. The van der Waals surface area contributed by atoms with Gasteiger partial charge < -0.3 is 15.0 Å². The summed E-state index contributed by atoms with van der Waals surface area (Å²) in [7, 11) is 0. The van der Waals surface area contributed by atoms with Gasteiger partial charge in [-0.15, -0.1) is 0 Å². The number of hydrogen-bond donors (Lipinski definition) is 3. The number of esters is 1. The average molecular weight is 407 g/mol. The summed E-state index contributed by atoms with van der Waals surface area (Å²) in [5.74, 6) is -0.368. The molecule has 2 heterocycles. The molecule has 0 aliphatic heterocycles. The quantitative estimate of drug-likeness (QED) is 0.404. The summed E-state index contributed by atoms with van der Waals surface area (Å²) >= 11 is 1.54. The third kappa shape index (κ3) is 4.21. The maximum atomic E-state index is 12.3. The maximum absolute atomic E-state index is 12.3. The molecule has 4 rings (SSSR count). The molecule has 0 atom stereocenters. The predicted molar refractivity (Wildman–Crippen MR) is 113 cm³/mol. The number of benzene rings is 1. The van der Waals surface area contributed by atoms with Crippen LogP contribution in [0.5, 0.6) is 0 Å². The van der Waals surface area contributed by atoms with Crippen LogP contribution in [0.3, 0.4) is 0 Å². The molecule has 1 fully saturated rings. The minimum absolute atomic E-state index is 0.257. The molecule has 7 nitrogen and oxygen atoms in total. The number of anilines is 1. The first-order chi connectivity index (χ1) is 14.2. The Bertz CT molecular complexity index is 1070. The fraction of sp³-hybridized carbons (Fsp3) is 0.286. The van der Waals surface area contributed by atoms with Crippen molar-refractivity contribution in [1.82, 2.24) is 14.7 Å². The molecule has 3 N–H and O–H groups in total. The van der Waals surface area contributed by atoms with E-state index in [4.69, 9.17) is 10.00 Å². The molecular weight excluding hydrogens is 386 g/mol. The summed E-state index contributed by atoms with van der Waals surface area (Å²) in [4.78, 5) is 20.8. The number of nitrogens with one attached hydrogen (secondary N) is 3. The average Bonchev–Trinajstić information content (AvgIpc) is 3.19. The van der Waals surface area contributed by atoms with E-state index >= 15 is 0 Å². The van der Waals surface area contributed by atoms with Crippen molar-refractivity contribution in [3.05, 3.63) is 53.9 Å². The standard InChI is InChI=1S/C21H21N5O2S/c1-2-28-21(27)18-12-24-20-17(6-7-23-20)19(18)25-14-9-15(10-14)26-29-16-5-3-4-13(8-16)11-22/h3-8,12,14-15,26H,2,9-10H2,1H3,(H2,23,24,25)/t14-,15+. The number of ether oxygens (including phenoxy) is 1. The second-order valence-corrected chi connectivity index (χ2v) is 7.79. The first-order valence-electron chi connectivity index (χ1n) is 9.50. The number of H-pyrrole nitrogens is 1. The van der Waals surface area contributed by atoms with E-state index in [-0.39, 0.29) is 12.0 Å². The largest absolute Gasteiger partial charge is 0.462 e. The number of carbonyl (C=O) groups is 1. The first kappa shape index (κ1) is 19.3. The molecule has 0 bridgehead atoms. The number of carbonyl (C=O) groups excluding carboxylic acids is 1. The molecule has 3 aromatic rings. The van der Waals surface area contributed by atoms with Gasteiger partial charge in [0.25, 0.3) is 0 Å². The lowest BCUT2D eigenvalue weighted by Gasteiger charge is -2.37. The van der Waals surface area contributed by atoms with Gasteiger partial charge in [-0.3, -0.25) is 4.72 Å². The lowest BCUT2D eigenvalue weighted by molar-refractivity contribution is 0.0527. The highest BCUT2D eigenvalue weighted by atomic mass is 32.2. The minimum Gasteiger partial charge on any atom is -0.462 e. The molecule has 2 aromatic heterocycles. The zero-order chi connectivity index (χ0) is 20.2. The van der Waals surface area contributed by atoms with Crippen molar-refractivity contribution < 1.29 is 9.53 Å². The monoisotopic (exact) mass is 407 g/mol. The van der Waals surface area contributed by atoms with Gasteiger partial charge in [-0.2, -0.15) is 5.26 Å². The van der Waals surface area contributed by atoms with E-state index in [0.717, 1.165) is 34.5 Å². The fourth-order valence-corrected chi connectivity index (χ4v) is 4.17. The van der Waals surface area contributed by atoms with E-state index in [1.54, 1.807) is 31.1 Å². The highest BCUT2D eigenvalue weighted by Crippen LogP contribution is 2.32. The van der Waals surface area contributed by atoms with Gasteiger partial charge in [0.1, 0.15) is 11.2 Å². The molecule has 148 valence electrons. The topological polar surface area (TPSA) is 103 Å². The molecule has 1 aliphatic carbocycles. The Labute approximate surface area is 173 Å². The van der Waals surface area contributed by atoms with Crippen LogP contribution in [-0.4, -0.2) is 34.6 Å². The van der Waals surface area contributed by atoms with Gasteiger partial charge in [-0.1, -0.05) is 6.07 Å². The fourth-order valence-electron chi connectivity index (χ4n) is 3.34. The van der Waals surface area contributed by atoms with Gasteiger partial charge in [0.15, 0.2) is 0 Å². The number of nitriles is 1. The van der Waals surface area contributed by atoms with Crippen molar-refractivity contribution in [2.45, 2.75) is 36.7 Å². The first-order valence-corrected chi connectivity index (χ1v) is 10.3. The summed E-state index contributed by atoms with van der Waals surface area (Å²) in [6.45, 7) is 2.11. The number of fused-ring (bicyclic) bond motifs is 1. The van der Waals surface area contributed by atoms with E-state index in [1.165, 1.54) is 0 Å². The van der Waals surface area contributed by atoms with E-state index in [2.05, 4.69) is 26.1 Å². The van der Waals surface area contributed by atoms with Crippen LogP contribution < -0.4 is 10.0 Å². The molecule has 8 heteroatoms. The van der Waals surface area contributed by atoms with Gasteiger partial charge in [-0.05, 0) is 56.0 Å². The van der Waals surface area contributed by atoms with Gasteiger partial charge >= 0.3 is 5.97 Å². The van der Waals surface area contributed by atoms with E-state index in [9.17, 15) is 4.79 Å². The number of nitrogens with zero attached hydrogens (tertiary/aromatic N) is 2. The second-order valence-electron chi connectivity index (χ2n) is 6.88. The van der Waals surface area contributed by atoms with Crippen LogP contribution in [0.2, 0.25) is 0 Å². The van der Waals surface area contributed by atoms with Crippen molar-refractivity contribution in [3.63, 3.8) is 0 Å². The highest BCUT2D eigenvalue weighted by molar-refractivity contribution is 7.97. The Kier molecular flexibility index (Phi) is 5.69. The molecule has 0 radical (unpaired) electrons. The lowest BCUT2D eigenvalue weighted by atomic mass is 9.87. The lowest BCUT2D eigenvalue weighted by Crippen LogP contribution is -2.45. The molecule has 1 aromatic carbocycles. The van der Waals surface area contributed by atoms with Crippen molar-refractivity contribution in [1.29, 1.82) is 5.26 Å². The smallest absolute Gasteiger partial charge is 0.341 e. The zero-order valence-corrected chi connectivity index (χ0v) is 16.8. The van der Waals surface area contributed by atoms with Crippen LogP contribution in [0.1, 0.15) is 35.7 Å². The van der Waals surface area contributed by atoms with Crippen molar-refractivity contribution >= 4 is 34.6 Å². The molecular formula is C21H21N5O2S. The number of aromatic nitrogens is 2. The van der Waals surface area contributed by atoms with Crippen LogP contribution >= 0.6 is 11.9 Å². The van der Waals surface area contributed by atoms with Gasteiger partial charge in [-0.25, -0.2) is 9.78 Å². The maximum Gasteiger partial charge on any atom is 0.341 e. The van der Waals surface area contributed by atoms with Crippen molar-refractivity contribution in [2.24, 2.45) is 0 Å². The number of hydrogen-bond acceptors (Lipinski definition) is 7.